The number of aryl methyl sites for hydroxylation is 1. The van der Waals surface area contributed by atoms with Crippen molar-refractivity contribution >= 4 is 83.7 Å². The van der Waals surface area contributed by atoms with E-state index in [-0.39, 0.29) is 9.77 Å². The first kappa shape index (κ1) is 24.5. The van der Waals surface area contributed by atoms with Crippen molar-refractivity contribution in [3.05, 3.63) is 78.6 Å². The molecule has 0 aliphatic heterocycles. The number of nitrogens with one attached hydrogen (secondary N) is 3. The SMILES string of the molecule is CNc1ccc2c(=O)n(-c3ccc(NC(=O)NS(=O)(=O)c4ccc(Cl)s4)cc3I)cc(C)c2c1. The summed E-state index contributed by atoms with van der Waals surface area (Å²) in [6, 6.07) is 12.4. The van der Waals surface area contributed by atoms with Crippen LogP contribution in [0.25, 0.3) is 16.5 Å². The van der Waals surface area contributed by atoms with Gasteiger partial charge in [0.2, 0.25) is 0 Å². The van der Waals surface area contributed by atoms with Gasteiger partial charge in [-0.15, -0.1) is 11.3 Å². The number of nitrogens with zero attached hydrogens (tertiary/aromatic N) is 1. The molecule has 4 rings (SSSR count). The van der Waals surface area contributed by atoms with Gasteiger partial charge in [-0.2, -0.15) is 0 Å². The Bertz CT molecular complexity index is 1600. The lowest BCUT2D eigenvalue weighted by Crippen LogP contribution is -2.34. The predicted molar refractivity (Wildman–Crippen MR) is 145 cm³/mol. The lowest BCUT2D eigenvalue weighted by atomic mass is 10.1. The Morgan fingerprint density at radius 2 is 1.79 bits per heavy atom. The summed E-state index contributed by atoms with van der Waals surface area (Å²) in [6.45, 7) is 1.94. The van der Waals surface area contributed by atoms with Gasteiger partial charge >= 0.3 is 6.03 Å². The molecule has 12 heteroatoms. The molecule has 0 unspecified atom stereocenters. The van der Waals surface area contributed by atoms with Crippen LogP contribution in [0.2, 0.25) is 4.34 Å². The molecule has 4 aromatic rings. The highest BCUT2D eigenvalue weighted by molar-refractivity contribution is 14.1. The Morgan fingerprint density at radius 1 is 1.06 bits per heavy atom. The van der Waals surface area contributed by atoms with Crippen LogP contribution in [0.3, 0.4) is 0 Å². The van der Waals surface area contributed by atoms with E-state index >= 15 is 0 Å². The van der Waals surface area contributed by atoms with Crippen LogP contribution in [0.15, 0.2) is 63.7 Å². The Balaban J connectivity index is 1.60. The van der Waals surface area contributed by atoms with Crippen molar-refractivity contribution in [2.75, 3.05) is 17.7 Å². The summed E-state index contributed by atoms with van der Waals surface area (Å²) in [7, 11) is -2.21. The summed E-state index contributed by atoms with van der Waals surface area (Å²) >= 11 is 8.70. The van der Waals surface area contributed by atoms with Crippen LogP contribution in [0.4, 0.5) is 16.2 Å². The Hall–Kier alpha value is -2.61. The number of thiophene rings is 1. The molecule has 2 amide bonds. The highest BCUT2D eigenvalue weighted by Gasteiger charge is 2.20. The molecule has 0 aliphatic carbocycles. The van der Waals surface area contributed by atoms with Crippen LogP contribution in [0.1, 0.15) is 5.56 Å². The van der Waals surface area contributed by atoms with Crippen LogP contribution >= 0.6 is 45.5 Å². The van der Waals surface area contributed by atoms with Crippen LogP contribution < -0.4 is 20.9 Å². The average Bonchev–Trinajstić information content (AvgIpc) is 3.23. The molecule has 2 heterocycles. The summed E-state index contributed by atoms with van der Waals surface area (Å²) in [5.74, 6) is 0. The lowest BCUT2D eigenvalue weighted by molar-refractivity contribution is 0.256. The van der Waals surface area contributed by atoms with E-state index in [4.69, 9.17) is 11.6 Å². The maximum absolute atomic E-state index is 13.2. The fourth-order valence-electron chi connectivity index (χ4n) is 3.39. The second-order valence-corrected chi connectivity index (χ2v) is 12.1. The van der Waals surface area contributed by atoms with Crippen molar-refractivity contribution in [3.8, 4) is 5.69 Å². The molecule has 2 aromatic heterocycles. The normalized spacial score (nSPS) is 11.4. The smallest absolute Gasteiger partial charge is 0.333 e. The minimum absolute atomic E-state index is 0.0644. The van der Waals surface area contributed by atoms with E-state index in [1.165, 1.54) is 12.1 Å². The molecule has 2 aromatic carbocycles. The number of fused-ring (bicyclic) bond motifs is 1. The molecule has 0 radical (unpaired) electrons. The number of carbonyl (C=O) groups is 1. The summed E-state index contributed by atoms with van der Waals surface area (Å²) in [5, 5.41) is 7.04. The van der Waals surface area contributed by atoms with Gasteiger partial charge < -0.3 is 10.6 Å². The Morgan fingerprint density at radius 3 is 2.44 bits per heavy atom. The molecule has 34 heavy (non-hydrogen) atoms. The van der Waals surface area contributed by atoms with Crippen LogP contribution in [0.5, 0.6) is 0 Å². The molecule has 3 N–H and O–H groups in total. The number of hydrogen-bond acceptors (Lipinski definition) is 6. The second kappa shape index (κ2) is 9.56. The van der Waals surface area contributed by atoms with E-state index in [1.807, 2.05) is 30.8 Å². The molecule has 0 atom stereocenters. The standard InChI is InChI=1S/C22H18ClIN4O4S2/c1-12-11-28(21(29)15-5-3-13(25-2)9-16(12)15)18-6-4-14(10-17(18)24)26-22(30)27-34(31,32)20-8-7-19(23)33-20/h3-11,25H,1-2H3,(H2,26,27,30). The molecular formula is C22H18ClIN4O4S2. The van der Waals surface area contributed by atoms with E-state index in [2.05, 4.69) is 33.2 Å². The number of anilines is 2. The van der Waals surface area contributed by atoms with Gasteiger partial charge in [-0.3, -0.25) is 9.36 Å². The number of carbonyl (C=O) groups excluding carboxylic acids is 1. The number of halogens is 2. The highest BCUT2D eigenvalue weighted by atomic mass is 127. The predicted octanol–water partition coefficient (Wildman–Crippen LogP) is 5.17. The molecule has 0 saturated heterocycles. The number of urea groups is 1. The largest absolute Gasteiger partial charge is 0.388 e. The zero-order chi connectivity index (χ0) is 24.6. The number of pyridine rings is 1. The van der Waals surface area contributed by atoms with Crippen LogP contribution in [0, 0.1) is 10.5 Å². The Kier molecular flexibility index (Phi) is 6.90. The molecule has 176 valence electrons. The summed E-state index contributed by atoms with van der Waals surface area (Å²) < 4.78 is 29.1. The van der Waals surface area contributed by atoms with Crippen molar-refractivity contribution < 1.29 is 13.2 Å². The third-order valence-corrected chi connectivity index (χ3v) is 8.93. The second-order valence-electron chi connectivity index (χ2n) is 7.28. The van der Waals surface area contributed by atoms with E-state index in [9.17, 15) is 18.0 Å². The first-order valence-corrected chi connectivity index (χ1v) is 13.6. The van der Waals surface area contributed by atoms with Gasteiger partial charge in [0.1, 0.15) is 4.21 Å². The summed E-state index contributed by atoms with van der Waals surface area (Å²) in [5.41, 5.74) is 2.69. The van der Waals surface area contributed by atoms with Crippen molar-refractivity contribution in [3.63, 3.8) is 0 Å². The minimum Gasteiger partial charge on any atom is -0.388 e. The minimum atomic E-state index is -4.04. The molecule has 0 aliphatic rings. The number of rotatable bonds is 5. The molecule has 8 nitrogen and oxygen atoms in total. The van der Waals surface area contributed by atoms with Gasteiger partial charge in [-0.25, -0.2) is 17.9 Å². The molecule has 0 fully saturated rings. The first-order valence-electron chi connectivity index (χ1n) is 9.82. The average molecular weight is 629 g/mol. The maximum atomic E-state index is 13.2. The number of benzene rings is 2. The van der Waals surface area contributed by atoms with E-state index < -0.39 is 16.1 Å². The van der Waals surface area contributed by atoms with E-state index in [1.54, 1.807) is 35.0 Å². The fourth-order valence-corrected chi connectivity index (χ4v) is 6.56. The maximum Gasteiger partial charge on any atom is 0.333 e. The number of amides is 2. The van der Waals surface area contributed by atoms with Gasteiger partial charge in [0.25, 0.3) is 15.6 Å². The zero-order valence-electron chi connectivity index (χ0n) is 17.8. The van der Waals surface area contributed by atoms with Gasteiger partial charge in [-0.1, -0.05) is 11.6 Å². The number of sulfonamides is 1. The number of hydrogen-bond donors (Lipinski definition) is 3. The topological polar surface area (TPSA) is 109 Å². The molecular weight excluding hydrogens is 611 g/mol. The fraction of sp³-hybridized carbons (Fsp3) is 0.0909. The van der Waals surface area contributed by atoms with Crippen LogP contribution in [-0.2, 0) is 10.0 Å². The van der Waals surface area contributed by atoms with E-state index in [0.717, 1.165) is 28.0 Å². The third-order valence-electron chi connectivity index (χ3n) is 5.01. The molecule has 0 spiro atoms. The zero-order valence-corrected chi connectivity index (χ0v) is 22.4. The quantitative estimate of drug-likeness (QED) is 0.264. The van der Waals surface area contributed by atoms with Gasteiger partial charge in [0, 0.05) is 33.6 Å². The lowest BCUT2D eigenvalue weighted by Gasteiger charge is -2.14. The molecule has 0 bridgehead atoms. The highest BCUT2D eigenvalue weighted by Crippen LogP contribution is 2.26. The van der Waals surface area contributed by atoms with Gasteiger partial charge in [-0.05, 0) is 89.0 Å². The summed E-state index contributed by atoms with van der Waals surface area (Å²) in [4.78, 5) is 25.5. The van der Waals surface area contributed by atoms with Crippen LogP contribution in [-0.4, -0.2) is 26.1 Å². The summed E-state index contributed by atoms with van der Waals surface area (Å²) in [6.07, 6.45) is 1.78. The number of aromatic nitrogens is 1. The van der Waals surface area contributed by atoms with Gasteiger partial charge in [0.15, 0.2) is 0 Å². The first-order chi connectivity index (χ1) is 16.1. The monoisotopic (exact) mass is 628 g/mol. The Labute approximate surface area is 218 Å². The van der Waals surface area contributed by atoms with Crippen molar-refractivity contribution in [1.82, 2.24) is 9.29 Å². The van der Waals surface area contributed by atoms with Gasteiger partial charge in [0.05, 0.1) is 10.0 Å². The van der Waals surface area contributed by atoms with E-state index in [0.29, 0.717) is 24.7 Å². The molecule has 0 saturated carbocycles. The van der Waals surface area contributed by atoms with Crippen molar-refractivity contribution in [1.29, 1.82) is 0 Å². The van der Waals surface area contributed by atoms with Crippen molar-refractivity contribution in [2.45, 2.75) is 11.1 Å². The third kappa shape index (κ3) is 4.92. The van der Waals surface area contributed by atoms with Crippen molar-refractivity contribution in [2.24, 2.45) is 0 Å².